The Bertz CT molecular complexity index is 158. The molecular weight excluding hydrogens is 295 g/mol. The lowest BCUT2D eigenvalue weighted by molar-refractivity contribution is -0.138. The summed E-state index contributed by atoms with van der Waals surface area (Å²) < 4.78 is 4.59. The van der Waals surface area contributed by atoms with Crippen molar-refractivity contribution in [1.29, 1.82) is 0 Å². The molecule has 0 aromatic heterocycles. The monoisotopic (exact) mass is 316 g/mol. The molecule has 5 heteroatoms. The molecule has 0 amide bonds. The van der Waals surface area contributed by atoms with Gasteiger partial charge in [0.2, 0.25) is 0 Å². The average molecular weight is 316 g/mol. The molecule has 0 spiro atoms. The third-order valence-corrected chi connectivity index (χ3v) is 0.699. The Balaban J connectivity index is -0.000000209. The summed E-state index contributed by atoms with van der Waals surface area (Å²) in [6.07, 6.45) is 0. The summed E-state index contributed by atoms with van der Waals surface area (Å²) in [6.45, 7) is 5.62. The summed E-state index contributed by atoms with van der Waals surface area (Å²) in [5.74, 6) is -0.375. The number of rotatable bonds is 3. The van der Waals surface area contributed by atoms with Gasteiger partial charge in [-0.15, -0.1) is 24.0 Å². The number of nitrogens with two attached hydrogens (primary N) is 1. The summed E-state index contributed by atoms with van der Waals surface area (Å²) in [6, 6.07) is 0. The number of esters is 1. The second-order valence-corrected chi connectivity index (χ2v) is 3.05. The standard InChI is InChI=1S/C6H11NO2.C3H9N.HI/c1-5(2)6(8)9-4-3-7;1-4(2)3;/h1,3-4,7H2,2H3;1-3H3;1H. The fourth-order valence-corrected chi connectivity index (χ4v) is 0.275. The van der Waals surface area contributed by atoms with Crippen LogP contribution in [0, 0.1) is 0 Å². The van der Waals surface area contributed by atoms with Crippen molar-refractivity contribution in [3.05, 3.63) is 12.2 Å². The van der Waals surface area contributed by atoms with Crippen LogP contribution in [0.4, 0.5) is 0 Å². The molecule has 0 heterocycles. The third-order valence-electron chi connectivity index (χ3n) is 0.699. The summed E-state index contributed by atoms with van der Waals surface area (Å²) >= 11 is 0. The van der Waals surface area contributed by atoms with Crippen LogP contribution in [0.2, 0.25) is 0 Å². The highest BCUT2D eigenvalue weighted by molar-refractivity contribution is 14.0. The maximum Gasteiger partial charge on any atom is 0.333 e. The first-order valence-electron chi connectivity index (χ1n) is 4.05. The van der Waals surface area contributed by atoms with E-state index in [2.05, 4.69) is 11.3 Å². The molecule has 2 N–H and O–H groups in total. The number of carbonyl (C=O) groups is 1. The average Bonchev–Trinajstić information content (AvgIpc) is 1.98. The molecule has 0 aromatic rings. The van der Waals surface area contributed by atoms with Gasteiger partial charge in [0.15, 0.2) is 0 Å². The van der Waals surface area contributed by atoms with E-state index in [1.807, 2.05) is 26.0 Å². The molecule has 0 unspecified atom stereocenters. The SMILES string of the molecule is C=C(C)C(=O)OCCN.CN(C)C.I. The predicted molar refractivity (Wildman–Crippen MR) is 69.9 cm³/mol. The molecule has 86 valence electrons. The number of halogens is 1. The van der Waals surface area contributed by atoms with Gasteiger partial charge in [0.1, 0.15) is 6.61 Å². The molecule has 0 fully saturated rings. The highest BCUT2D eigenvalue weighted by Crippen LogP contribution is 1.89. The quantitative estimate of drug-likeness (QED) is 0.477. The van der Waals surface area contributed by atoms with Gasteiger partial charge in [0.25, 0.3) is 0 Å². The number of hydrogen-bond donors (Lipinski definition) is 1. The van der Waals surface area contributed by atoms with Crippen LogP contribution in [-0.4, -0.2) is 45.2 Å². The lowest BCUT2D eigenvalue weighted by Crippen LogP contribution is -2.13. The molecule has 0 saturated heterocycles. The van der Waals surface area contributed by atoms with Gasteiger partial charge < -0.3 is 15.4 Å². The molecule has 0 saturated carbocycles. The van der Waals surface area contributed by atoms with E-state index in [9.17, 15) is 4.79 Å². The van der Waals surface area contributed by atoms with E-state index in [0.717, 1.165) is 0 Å². The summed E-state index contributed by atoms with van der Waals surface area (Å²) in [7, 11) is 6.00. The van der Waals surface area contributed by atoms with Crippen LogP contribution in [0.3, 0.4) is 0 Å². The van der Waals surface area contributed by atoms with Crippen LogP contribution in [0.25, 0.3) is 0 Å². The molecule has 0 aliphatic rings. The highest BCUT2D eigenvalue weighted by atomic mass is 127. The van der Waals surface area contributed by atoms with Gasteiger partial charge in [-0.25, -0.2) is 4.79 Å². The molecule has 0 atom stereocenters. The first kappa shape index (κ1) is 19.4. The van der Waals surface area contributed by atoms with Gasteiger partial charge in [-0.1, -0.05) is 6.58 Å². The van der Waals surface area contributed by atoms with Crippen molar-refractivity contribution < 1.29 is 9.53 Å². The number of hydrogen-bond acceptors (Lipinski definition) is 4. The van der Waals surface area contributed by atoms with Crippen molar-refractivity contribution in [2.45, 2.75) is 6.92 Å². The zero-order chi connectivity index (χ0) is 10.9. The van der Waals surface area contributed by atoms with E-state index in [0.29, 0.717) is 12.1 Å². The third kappa shape index (κ3) is 22.6. The molecule has 0 aliphatic heterocycles. The van der Waals surface area contributed by atoms with E-state index in [-0.39, 0.29) is 36.6 Å². The fourth-order valence-electron chi connectivity index (χ4n) is 0.275. The largest absolute Gasteiger partial charge is 0.461 e. The van der Waals surface area contributed by atoms with Gasteiger partial charge in [0.05, 0.1) is 0 Å². The van der Waals surface area contributed by atoms with Crippen molar-refractivity contribution in [3.63, 3.8) is 0 Å². The zero-order valence-corrected chi connectivity index (χ0v) is 11.7. The minimum Gasteiger partial charge on any atom is -0.461 e. The molecule has 0 rings (SSSR count). The molecule has 0 radical (unpaired) electrons. The van der Waals surface area contributed by atoms with Gasteiger partial charge in [0, 0.05) is 12.1 Å². The molecule has 14 heavy (non-hydrogen) atoms. The van der Waals surface area contributed by atoms with Crippen molar-refractivity contribution in [2.75, 3.05) is 34.3 Å². The number of carbonyl (C=O) groups excluding carboxylic acids is 1. The lowest BCUT2D eigenvalue weighted by atomic mass is 10.4. The van der Waals surface area contributed by atoms with E-state index in [1.54, 1.807) is 6.92 Å². The van der Waals surface area contributed by atoms with E-state index in [1.165, 1.54) is 0 Å². The number of ether oxygens (including phenoxy) is 1. The molecular formula is C9H21IN2O2. The van der Waals surface area contributed by atoms with Crippen molar-refractivity contribution in [3.8, 4) is 0 Å². The predicted octanol–water partition coefficient (Wildman–Crippen LogP) is 0.860. The minimum atomic E-state index is -0.375. The van der Waals surface area contributed by atoms with Gasteiger partial charge in [-0.05, 0) is 28.1 Å². The lowest BCUT2D eigenvalue weighted by Gasteiger charge is -1.99. The Kier molecular flexibility index (Phi) is 17.9. The Hall–Kier alpha value is -0.140. The summed E-state index contributed by atoms with van der Waals surface area (Å²) in [4.78, 5) is 12.5. The molecule has 4 nitrogen and oxygen atoms in total. The van der Waals surface area contributed by atoms with Crippen LogP contribution < -0.4 is 5.73 Å². The minimum absolute atomic E-state index is 0. The van der Waals surface area contributed by atoms with Crippen molar-refractivity contribution in [2.24, 2.45) is 5.73 Å². The van der Waals surface area contributed by atoms with E-state index < -0.39 is 0 Å². The van der Waals surface area contributed by atoms with E-state index >= 15 is 0 Å². The Morgan fingerprint density at radius 1 is 1.43 bits per heavy atom. The first-order chi connectivity index (χ1) is 5.91. The van der Waals surface area contributed by atoms with Gasteiger partial charge in [-0.3, -0.25) is 0 Å². The molecule has 0 bridgehead atoms. The Labute approximate surface area is 103 Å². The fraction of sp³-hybridized carbons (Fsp3) is 0.667. The second-order valence-electron chi connectivity index (χ2n) is 3.05. The zero-order valence-electron chi connectivity index (χ0n) is 9.37. The Morgan fingerprint density at radius 2 is 1.79 bits per heavy atom. The number of nitrogens with zero attached hydrogens (tertiary/aromatic N) is 1. The summed E-state index contributed by atoms with van der Waals surface area (Å²) in [5, 5.41) is 0. The van der Waals surface area contributed by atoms with Gasteiger partial charge in [-0.2, -0.15) is 0 Å². The van der Waals surface area contributed by atoms with Crippen LogP contribution in [0.5, 0.6) is 0 Å². The smallest absolute Gasteiger partial charge is 0.333 e. The topological polar surface area (TPSA) is 55.6 Å². The maximum atomic E-state index is 10.5. The second kappa shape index (κ2) is 12.9. The highest BCUT2D eigenvalue weighted by Gasteiger charge is 1.99. The van der Waals surface area contributed by atoms with Crippen molar-refractivity contribution in [1.82, 2.24) is 4.90 Å². The van der Waals surface area contributed by atoms with Gasteiger partial charge >= 0.3 is 5.97 Å². The van der Waals surface area contributed by atoms with Crippen molar-refractivity contribution >= 4 is 29.9 Å². The van der Waals surface area contributed by atoms with E-state index in [4.69, 9.17) is 5.73 Å². The maximum absolute atomic E-state index is 10.5. The normalized spacial score (nSPS) is 8.14. The van der Waals surface area contributed by atoms with Crippen LogP contribution in [0.1, 0.15) is 6.92 Å². The molecule has 0 aromatic carbocycles. The molecule has 0 aliphatic carbocycles. The van der Waals surface area contributed by atoms with Crippen LogP contribution >= 0.6 is 24.0 Å². The summed E-state index contributed by atoms with van der Waals surface area (Å²) in [5.41, 5.74) is 5.48. The Morgan fingerprint density at radius 3 is 2.00 bits per heavy atom. The van der Waals surface area contributed by atoms with Crippen LogP contribution in [-0.2, 0) is 9.53 Å². The first-order valence-corrected chi connectivity index (χ1v) is 4.05. The van der Waals surface area contributed by atoms with Crippen LogP contribution in [0.15, 0.2) is 12.2 Å².